The van der Waals surface area contributed by atoms with E-state index in [4.69, 9.17) is 4.42 Å². The fraction of sp³-hybridized carbons (Fsp3) is 0.615. The van der Waals surface area contributed by atoms with Crippen LogP contribution in [0.2, 0.25) is 0 Å². The van der Waals surface area contributed by atoms with Gasteiger partial charge >= 0.3 is 0 Å². The Morgan fingerprint density at radius 2 is 2.18 bits per heavy atom. The zero-order chi connectivity index (χ0) is 12.9. The third kappa shape index (κ3) is 5.54. The molecule has 4 heteroatoms. The normalized spacial score (nSPS) is 13.4. The average molecular weight is 238 g/mol. The second kappa shape index (κ2) is 5.87. The van der Waals surface area contributed by atoms with Crippen molar-refractivity contribution in [1.82, 2.24) is 10.6 Å². The first-order valence-corrected chi connectivity index (χ1v) is 5.96. The molecule has 0 aliphatic carbocycles. The number of nitrogens with one attached hydrogen (secondary N) is 2. The van der Waals surface area contributed by atoms with Crippen molar-refractivity contribution in [2.75, 3.05) is 6.54 Å². The first-order chi connectivity index (χ1) is 7.88. The van der Waals surface area contributed by atoms with Crippen molar-refractivity contribution in [3.8, 4) is 0 Å². The Hall–Kier alpha value is -1.29. The molecule has 0 fully saturated rings. The fourth-order valence-corrected chi connectivity index (χ4v) is 1.52. The molecule has 1 aromatic rings. The predicted octanol–water partition coefficient (Wildman–Crippen LogP) is 2.23. The Labute approximate surface area is 103 Å². The van der Waals surface area contributed by atoms with E-state index in [1.54, 1.807) is 6.26 Å². The predicted molar refractivity (Wildman–Crippen MR) is 67.6 cm³/mol. The smallest absolute Gasteiger partial charge is 0.221 e. The van der Waals surface area contributed by atoms with E-state index in [9.17, 15) is 4.79 Å². The third-order valence-corrected chi connectivity index (χ3v) is 2.29. The minimum absolute atomic E-state index is 0.0663. The van der Waals surface area contributed by atoms with Crippen LogP contribution in [0.5, 0.6) is 0 Å². The Balaban J connectivity index is 2.22. The summed E-state index contributed by atoms with van der Waals surface area (Å²) < 4.78 is 5.27. The maximum atomic E-state index is 11.6. The minimum Gasteiger partial charge on any atom is -0.468 e. The maximum Gasteiger partial charge on any atom is 0.221 e. The molecule has 1 amide bonds. The first-order valence-electron chi connectivity index (χ1n) is 5.96. The molecule has 0 radical (unpaired) electrons. The molecule has 0 saturated carbocycles. The van der Waals surface area contributed by atoms with Crippen LogP contribution in [0.1, 0.15) is 45.9 Å². The molecule has 4 nitrogen and oxygen atoms in total. The number of rotatable bonds is 5. The zero-order valence-corrected chi connectivity index (χ0v) is 11.0. The summed E-state index contributed by atoms with van der Waals surface area (Å²) in [6.07, 6.45) is 2.13. The summed E-state index contributed by atoms with van der Waals surface area (Å²) in [5.41, 5.74) is -0.163. The molecule has 1 atom stereocenters. The zero-order valence-electron chi connectivity index (χ0n) is 11.0. The van der Waals surface area contributed by atoms with E-state index in [1.165, 1.54) is 0 Å². The molecule has 0 aromatic carbocycles. The van der Waals surface area contributed by atoms with Gasteiger partial charge in [0.1, 0.15) is 5.76 Å². The van der Waals surface area contributed by atoms with Crippen LogP contribution in [-0.2, 0) is 4.79 Å². The minimum atomic E-state index is -0.163. The molecular weight excluding hydrogens is 216 g/mol. The van der Waals surface area contributed by atoms with E-state index < -0.39 is 0 Å². The highest BCUT2D eigenvalue weighted by molar-refractivity contribution is 5.76. The van der Waals surface area contributed by atoms with Gasteiger partial charge in [-0.05, 0) is 39.8 Å². The average Bonchev–Trinajstić information content (AvgIpc) is 2.66. The summed E-state index contributed by atoms with van der Waals surface area (Å²) in [4.78, 5) is 11.6. The number of hydrogen-bond acceptors (Lipinski definition) is 3. The molecule has 1 aromatic heterocycles. The summed E-state index contributed by atoms with van der Waals surface area (Å²) in [6.45, 7) is 8.59. The summed E-state index contributed by atoms with van der Waals surface area (Å²) in [5.74, 6) is 0.956. The standard InChI is InChI=1S/C13H22N2O2/c1-10(11-6-5-9-17-11)14-8-7-12(16)15-13(2,3)4/h5-6,9-10,14H,7-8H2,1-4H3,(H,15,16). The van der Waals surface area contributed by atoms with Gasteiger partial charge in [0.25, 0.3) is 0 Å². The van der Waals surface area contributed by atoms with E-state index in [0.29, 0.717) is 13.0 Å². The van der Waals surface area contributed by atoms with Gasteiger partial charge in [0, 0.05) is 18.5 Å². The molecule has 0 aliphatic heterocycles. The van der Waals surface area contributed by atoms with Gasteiger partial charge in [0.05, 0.1) is 12.3 Å². The molecule has 1 heterocycles. The van der Waals surface area contributed by atoms with Gasteiger partial charge in [-0.2, -0.15) is 0 Å². The molecule has 96 valence electrons. The van der Waals surface area contributed by atoms with Gasteiger partial charge in [-0.3, -0.25) is 4.79 Å². The van der Waals surface area contributed by atoms with Crippen molar-refractivity contribution in [2.24, 2.45) is 0 Å². The van der Waals surface area contributed by atoms with Crippen molar-refractivity contribution in [1.29, 1.82) is 0 Å². The fourth-order valence-electron chi connectivity index (χ4n) is 1.52. The van der Waals surface area contributed by atoms with Crippen LogP contribution in [0.4, 0.5) is 0 Å². The SMILES string of the molecule is CC(NCCC(=O)NC(C)(C)C)c1ccco1. The van der Waals surface area contributed by atoms with Crippen LogP contribution >= 0.6 is 0 Å². The molecule has 0 aliphatic rings. The summed E-state index contributed by atoms with van der Waals surface area (Å²) in [6, 6.07) is 3.92. The highest BCUT2D eigenvalue weighted by Crippen LogP contribution is 2.11. The topological polar surface area (TPSA) is 54.3 Å². The second-order valence-electron chi connectivity index (χ2n) is 5.24. The largest absolute Gasteiger partial charge is 0.468 e. The van der Waals surface area contributed by atoms with Gasteiger partial charge in [-0.1, -0.05) is 0 Å². The number of furan rings is 1. The lowest BCUT2D eigenvalue weighted by atomic mass is 10.1. The molecule has 0 saturated heterocycles. The van der Waals surface area contributed by atoms with Gasteiger partial charge < -0.3 is 15.1 Å². The van der Waals surface area contributed by atoms with Crippen LogP contribution in [0, 0.1) is 0 Å². The molecular formula is C13H22N2O2. The van der Waals surface area contributed by atoms with Crippen molar-refractivity contribution in [3.63, 3.8) is 0 Å². The van der Waals surface area contributed by atoms with Crippen LogP contribution in [-0.4, -0.2) is 18.0 Å². The maximum absolute atomic E-state index is 11.6. The van der Waals surface area contributed by atoms with E-state index in [0.717, 1.165) is 5.76 Å². The number of amides is 1. The summed E-state index contributed by atoms with van der Waals surface area (Å²) in [5, 5.41) is 6.17. The van der Waals surface area contributed by atoms with Crippen LogP contribution in [0.3, 0.4) is 0 Å². The van der Waals surface area contributed by atoms with E-state index in [-0.39, 0.29) is 17.5 Å². The second-order valence-corrected chi connectivity index (χ2v) is 5.24. The number of carbonyl (C=O) groups excluding carboxylic acids is 1. The van der Waals surface area contributed by atoms with Crippen LogP contribution < -0.4 is 10.6 Å². The summed E-state index contributed by atoms with van der Waals surface area (Å²) in [7, 11) is 0. The number of hydrogen-bond donors (Lipinski definition) is 2. The van der Waals surface area contributed by atoms with Crippen molar-refractivity contribution in [3.05, 3.63) is 24.2 Å². The van der Waals surface area contributed by atoms with E-state index in [1.807, 2.05) is 39.8 Å². The van der Waals surface area contributed by atoms with Gasteiger partial charge in [-0.15, -0.1) is 0 Å². The number of carbonyl (C=O) groups is 1. The molecule has 1 rings (SSSR count). The van der Waals surface area contributed by atoms with Crippen LogP contribution in [0.15, 0.2) is 22.8 Å². The van der Waals surface area contributed by atoms with Gasteiger partial charge in [0.2, 0.25) is 5.91 Å². The Bertz CT molecular complexity index is 339. The lowest BCUT2D eigenvalue weighted by Gasteiger charge is -2.20. The molecule has 0 bridgehead atoms. The molecule has 1 unspecified atom stereocenters. The third-order valence-electron chi connectivity index (χ3n) is 2.29. The lowest BCUT2D eigenvalue weighted by molar-refractivity contribution is -0.122. The quantitative estimate of drug-likeness (QED) is 0.827. The van der Waals surface area contributed by atoms with Crippen LogP contribution in [0.25, 0.3) is 0 Å². The summed E-state index contributed by atoms with van der Waals surface area (Å²) >= 11 is 0. The van der Waals surface area contributed by atoms with Gasteiger partial charge in [0.15, 0.2) is 0 Å². The Morgan fingerprint density at radius 1 is 1.47 bits per heavy atom. The Kier molecular flexibility index (Phi) is 4.75. The van der Waals surface area contributed by atoms with E-state index >= 15 is 0 Å². The van der Waals surface area contributed by atoms with Crippen molar-refractivity contribution >= 4 is 5.91 Å². The van der Waals surface area contributed by atoms with E-state index in [2.05, 4.69) is 10.6 Å². The van der Waals surface area contributed by atoms with Crippen molar-refractivity contribution in [2.45, 2.75) is 45.7 Å². The highest BCUT2D eigenvalue weighted by atomic mass is 16.3. The van der Waals surface area contributed by atoms with Gasteiger partial charge in [-0.25, -0.2) is 0 Å². The molecule has 2 N–H and O–H groups in total. The molecule has 17 heavy (non-hydrogen) atoms. The first kappa shape index (κ1) is 13.8. The lowest BCUT2D eigenvalue weighted by Crippen LogP contribution is -2.41. The highest BCUT2D eigenvalue weighted by Gasteiger charge is 2.14. The monoisotopic (exact) mass is 238 g/mol. The van der Waals surface area contributed by atoms with Crippen molar-refractivity contribution < 1.29 is 9.21 Å². The Morgan fingerprint density at radius 3 is 2.71 bits per heavy atom. The molecule has 0 spiro atoms.